The number of hydrogen-bond donors (Lipinski definition) is 0. The molecule has 120 valence electrons. The topological polar surface area (TPSA) is 25.2 Å². The molecule has 22 heavy (non-hydrogen) atoms. The molecule has 0 fully saturated rings. The summed E-state index contributed by atoms with van der Waals surface area (Å²) in [6.07, 6.45) is 2.17. The summed E-state index contributed by atoms with van der Waals surface area (Å²) in [5.41, 5.74) is 2.19. The summed E-state index contributed by atoms with van der Waals surface area (Å²) in [5, 5.41) is 1.19. The third-order valence-electron chi connectivity index (χ3n) is 4.73. The Balaban J connectivity index is 2.32. The van der Waals surface area contributed by atoms with Crippen molar-refractivity contribution in [2.75, 3.05) is 11.9 Å². The highest BCUT2D eigenvalue weighted by Gasteiger charge is 2.18. The largest absolute Gasteiger partial charge is 0.347 e. The standard InChI is InChI=1S/C19H28N2O/c1-13(2)18(14(3)4)12-21-10-9-16-11-17(7-8-19(16)21)20(6)15(5)22/h7-11,13-14,18H,12H2,1-6H3. The molecule has 0 saturated heterocycles. The van der Waals surface area contributed by atoms with Crippen molar-refractivity contribution >= 4 is 22.5 Å². The van der Waals surface area contributed by atoms with Gasteiger partial charge in [-0.25, -0.2) is 0 Å². The monoisotopic (exact) mass is 300 g/mol. The number of benzene rings is 1. The minimum absolute atomic E-state index is 0.0541. The van der Waals surface area contributed by atoms with Crippen LogP contribution >= 0.6 is 0 Å². The Labute approximate surface area is 133 Å². The fourth-order valence-corrected chi connectivity index (χ4v) is 3.16. The number of rotatable bonds is 5. The van der Waals surface area contributed by atoms with Crippen LogP contribution in [0.5, 0.6) is 0 Å². The number of hydrogen-bond acceptors (Lipinski definition) is 1. The third kappa shape index (κ3) is 3.34. The van der Waals surface area contributed by atoms with Crippen LogP contribution in [-0.2, 0) is 11.3 Å². The van der Waals surface area contributed by atoms with E-state index in [1.807, 2.05) is 13.1 Å². The first kappa shape index (κ1) is 16.6. The zero-order valence-electron chi connectivity index (χ0n) is 14.6. The van der Waals surface area contributed by atoms with Crippen molar-refractivity contribution in [2.24, 2.45) is 17.8 Å². The number of carbonyl (C=O) groups excluding carboxylic acids is 1. The van der Waals surface area contributed by atoms with Gasteiger partial charge in [-0.1, -0.05) is 27.7 Å². The summed E-state index contributed by atoms with van der Waals surface area (Å²) < 4.78 is 2.34. The van der Waals surface area contributed by atoms with Crippen molar-refractivity contribution in [2.45, 2.75) is 41.2 Å². The molecule has 1 aromatic carbocycles. The SMILES string of the molecule is CC(=O)N(C)c1ccc2c(ccn2CC(C(C)C)C(C)C)c1. The fourth-order valence-electron chi connectivity index (χ4n) is 3.16. The third-order valence-corrected chi connectivity index (χ3v) is 4.73. The number of carbonyl (C=O) groups is 1. The number of fused-ring (bicyclic) bond motifs is 1. The van der Waals surface area contributed by atoms with Crippen LogP contribution in [0.25, 0.3) is 10.9 Å². The zero-order valence-corrected chi connectivity index (χ0v) is 14.6. The van der Waals surface area contributed by atoms with Crippen LogP contribution in [-0.4, -0.2) is 17.5 Å². The van der Waals surface area contributed by atoms with Crippen molar-refractivity contribution in [3.63, 3.8) is 0 Å². The van der Waals surface area contributed by atoms with Crippen LogP contribution in [0.3, 0.4) is 0 Å². The number of amides is 1. The molecule has 2 rings (SSSR count). The van der Waals surface area contributed by atoms with Crippen LogP contribution in [0.15, 0.2) is 30.5 Å². The molecule has 0 bridgehead atoms. The Hall–Kier alpha value is -1.77. The Morgan fingerprint density at radius 3 is 2.32 bits per heavy atom. The van der Waals surface area contributed by atoms with E-state index < -0.39 is 0 Å². The lowest BCUT2D eigenvalue weighted by Crippen LogP contribution is -2.22. The van der Waals surface area contributed by atoms with E-state index in [1.165, 1.54) is 10.9 Å². The highest BCUT2D eigenvalue weighted by atomic mass is 16.2. The molecule has 1 aromatic heterocycles. The first-order valence-corrected chi connectivity index (χ1v) is 8.14. The number of aromatic nitrogens is 1. The fraction of sp³-hybridized carbons (Fsp3) is 0.526. The lowest BCUT2D eigenvalue weighted by Gasteiger charge is -2.26. The van der Waals surface area contributed by atoms with Crippen molar-refractivity contribution in [1.82, 2.24) is 4.57 Å². The van der Waals surface area contributed by atoms with Gasteiger partial charge in [-0.2, -0.15) is 0 Å². The predicted molar refractivity (Wildman–Crippen MR) is 94.2 cm³/mol. The summed E-state index contributed by atoms with van der Waals surface area (Å²) >= 11 is 0. The lowest BCUT2D eigenvalue weighted by atomic mass is 9.85. The second-order valence-corrected chi connectivity index (χ2v) is 6.94. The number of nitrogens with zero attached hydrogens (tertiary/aromatic N) is 2. The summed E-state index contributed by atoms with van der Waals surface area (Å²) in [4.78, 5) is 13.2. The van der Waals surface area contributed by atoms with Gasteiger partial charge < -0.3 is 9.47 Å². The molecule has 2 aromatic rings. The van der Waals surface area contributed by atoms with Gasteiger partial charge in [0.05, 0.1) is 0 Å². The molecule has 0 aliphatic rings. The molecule has 0 saturated carbocycles. The minimum atomic E-state index is 0.0541. The Morgan fingerprint density at radius 2 is 1.77 bits per heavy atom. The first-order valence-electron chi connectivity index (χ1n) is 8.14. The minimum Gasteiger partial charge on any atom is -0.347 e. The summed E-state index contributed by atoms with van der Waals surface area (Å²) in [6, 6.07) is 8.39. The summed E-state index contributed by atoms with van der Waals surface area (Å²) in [6.45, 7) is 11.8. The molecule has 3 heteroatoms. The van der Waals surface area contributed by atoms with E-state index in [9.17, 15) is 4.79 Å². The molecule has 0 unspecified atom stereocenters. The van der Waals surface area contributed by atoms with E-state index >= 15 is 0 Å². The van der Waals surface area contributed by atoms with E-state index in [-0.39, 0.29) is 5.91 Å². The van der Waals surface area contributed by atoms with Gasteiger partial charge in [-0.15, -0.1) is 0 Å². The molecular formula is C19H28N2O. The molecule has 1 heterocycles. The second-order valence-electron chi connectivity index (χ2n) is 6.94. The average molecular weight is 300 g/mol. The van der Waals surface area contributed by atoms with Gasteiger partial charge in [0.25, 0.3) is 0 Å². The van der Waals surface area contributed by atoms with Gasteiger partial charge in [0.15, 0.2) is 0 Å². The number of anilines is 1. The zero-order chi connectivity index (χ0) is 16.4. The van der Waals surface area contributed by atoms with Gasteiger partial charge in [-0.05, 0) is 42.0 Å². The van der Waals surface area contributed by atoms with E-state index in [2.05, 4.69) is 56.7 Å². The van der Waals surface area contributed by atoms with Crippen LogP contribution < -0.4 is 4.90 Å². The maximum atomic E-state index is 11.5. The molecule has 0 aliphatic carbocycles. The van der Waals surface area contributed by atoms with Crippen LogP contribution in [0.2, 0.25) is 0 Å². The molecule has 1 amide bonds. The van der Waals surface area contributed by atoms with Crippen LogP contribution in [0.1, 0.15) is 34.6 Å². The lowest BCUT2D eigenvalue weighted by molar-refractivity contribution is -0.116. The molecule has 0 radical (unpaired) electrons. The predicted octanol–water partition coefficient (Wildman–Crippen LogP) is 4.55. The molecule has 0 N–H and O–H groups in total. The Morgan fingerprint density at radius 1 is 1.14 bits per heavy atom. The van der Waals surface area contributed by atoms with Gasteiger partial charge in [0, 0.05) is 43.3 Å². The van der Waals surface area contributed by atoms with Crippen LogP contribution in [0.4, 0.5) is 5.69 Å². The van der Waals surface area contributed by atoms with Gasteiger partial charge in [0.2, 0.25) is 5.91 Å². The normalized spacial score (nSPS) is 11.9. The van der Waals surface area contributed by atoms with Gasteiger partial charge in [0.1, 0.15) is 0 Å². The highest BCUT2D eigenvalue weighted by Crippen LogP contribution is 2.27. The average Bonchev–Trinajstić information content (AvgIpc) is 2.85. The second kappa shape index (κ2) is 6.55. The highest BCUT2D eigenvalue weighted by molar-refractivity contribution is 5.94. The molecule has 0 atom stereocenters. The molecular weight excluding hydrogens is 272 g/mol. The van der Waals surface area contributed by atoms with Crippen molar-refractivity contribution in [3.8, 4) is 0 Å². The first-order chi connectivity index (χ1) is 10.3. The quantitative estimate of drug-likeness (QED) is 0.795. The van der Waals surface area contributed by atoms with E-state index in [0.29, 0.717) is 17.8 Å². The van der Waals surface area contributed by atoms with Crippen molar-refractivity contribution in [1.29, 1.82) is 0 Å². The molecule has 0 aliphatic heterocycles. The Bertz CT molecular complexity index is 646. The van der Waals surface area contributed by atoms with Gasteiger partial charge >= 0.3 is 0 Å². The van der Waals surface area contributed by atoms with E-state index in [4.69, 9.17) is 0 Å². The van der Waals surface area contributed by atoms with Crippen molar-refractivity contribution in [3.05, 3.63) is 30.5 Å². The van der Waals surface area contributed by atoms with Crippen LogP contribution in [0, 0.1) is 17.8 Å². The van der Waals surface area contributed by atoms with E-state index in [0.717, 1.165) is 12.2 Å². The Kier molecular flexibility index (Phi) is 4.94. The molecule has 0 spiro atoms. The molecule has 3 nitrogen and oxygen atoms in total. The van der Waals surface area contributed by atoms with E-state index in [1.54, 1.807) is 11.8 Å². The summed E-state index contributed by atoms with van der Waals surface area (Å²) in [7, 11) is 1.81. The smallest absolute Gasteiger partial charge is 0.223 e. The van der Waals surface area contributed by atoms with Gasteiger partial charge in [-0.3, -0.25) is 4.79 Å². The summed E-state index contributed by atoms with van der Waals surface area (Å²) in [5.74, 6) is 2.05. The maximum absolute atomic E-state index is 11.5. The maximum Gasteiger partial charge on any atom is 0.223 e. The van der Waals surface area contributed by atoms with Crippen molar-refractivity contribution < 1.29 is 4.79 Å².